The SMILES string of the molecule is N#Cc1cccnc1NC[C@H]1CCN(CCC(N)=O)C1. The molecule has 0 saturated carbocycles. The van der Waals surface area contributed by atoms with Crippen molar-refractivity contribution in [3.05, 3.63) is 23.9 Å². The highest BCUT2D eigenvalue weighted by Gasteiger charge is 2.22. The highest BCUT2D eigenvalue weighted by atomic mass is 16.1. The summed E-state index contributed by atoms with van der Waals surface area (Å²) in [6.45, 7) is 3.47. The fraction of sp³-hybridized carbons (Fsp3) is 0.500. The number of carbonyl (C=O) groups excluding carboxylic acids is 1. The second kappa shape index (κ2) is 6.87. The van der Waals surface area contributed by atoms with Gasteiger partial charge in [-0.25, -0.2) is 4.98 Å². The Hall–Kier alpha value is -2.13. The fourth-order valence-electron chi connectivity index (χ4n) is 2.43. The summed E-state index contributed by atoms with van der Waals surface area (Å²) in [7, 11) is 0. The van der Waals surface area contributed by atoms with Crippen LogP contribution in [-0.4, -0.2) is 42.0 Å². The van der Waals surface area contributed by atoms with Gasteiger partial charge in [0.15, 0.2) is 0 Å². The number of nitriles is 1. The van der Waals surface area contributed by atoms with Crippen molar-refractivity contribution in [1.82, 2.24) is 9.88 Å². The largest absolute Gasteiger partial charge is 0.370 e. The zero-order chi connectivity index (χ0) is 14.4. The Balaban J connectivity index is 1.78. The molecule has 1 aromatic heterocycles. The van der Waals surface area contributed by atoms with Crippen LogP contribution in [0.2, 0.25) is 0 Å². The van der Waals surface area contributed by atoms with Crippen LogP contribution in [0, 0.1) is 17.2 Å². The Kier molecular flexibility index (Phi) is 4.91. The molecule has 6 heteroatoms. The minimum absolute atomic E-state index is 0.251. The van der Waals surface area contributed by atoms with Crippen molar-refractivity contribution in [2.75, 3.05) is 31.5 Å². The van der Waals surface area contributed by atoms with Crippen molar-refractivity contribution < 1.29 is 4.79 Å². The summed E-state index contributed by atoms with van der Waals surface area (Å²) in [4.78, 5) is 17.2. The van der Waals surface area contributed by atoms with Crippen molar-refractivity contribution in [2.45, 2.75) is 12.8 Å². The lowest BCUT2D eigenvalue weighted by atomic mass is 10.1. The molecule has 0 bridgehead atoms. The molecule has 1 aliphatic heterocycles. The molecule has 1 aromatic rings. The lowest BCUT2D eigenvalue weighted by Gasteiger charge is -2.15. The maximum atomic E-state index is 10.8. The van der Waals surface area contributed by atoms with Crippen LogP contribution in [-0.2, 0) is 4.79 Å². The van der Waals surface area contributed by atoms with Gasteiger partial charge in [0.2, 0.25) is 5.91 Å². The maximum absolute atomic E-state index is 10.8. The molecule has 6 nitrogen and oxygen atoms in total. The van der Waals surface area contributed by atoms with Gasteiger partial charge in [0, 0.05) is 32.3 Å². The second-order valence-electron chi connectivity index (χ2n) is 5.06. The van der Waals surface area contributed by atoms with Crippen molar-refractivity contribution in [1.29, 1.82) is 5.26 Å². The molecule has 106 valence electrons. The Bertz CT molecular complexity index is 511. The van der Waals surface area contributed by atoms with Gasteiger partial charge < -0.3 is 16.0 Å². The normalized spacial score (nSPS) is 18.6. The third-order valence-corrected chi connectivity index (χ3v) is 3.53. The van der Waals surface area contributed by atoms with E-state index in [-0.39, 0.29) is 5.91 Å². The minimum Gasteiger partial charge on any atom is -0.370 e. The van der Waals surface area contributed by atoms with E-state index >= 15 is 0 Å². The molecule has 1 amide bonds. The molecule has 1 aliphatic rings. The average Bonchev–Trinajstić information content (AvgIpc) is 2.91. The van der Waals surface area contributed by atoms with Gasteiger partial charge in [-0.1, -0.05) is 0 Å². The molecule has 1 saturated heterocycles. The van der Waals surface area contributed by atoms with Gasteiger partial charge in [0.25, 0.3) is 0 Å². The summed E-state index contributed by atoms with van der Waals surface area (Å²) in [5.41, 5.74) is 5.72. The fourth-order valence-corrected chi connectivity index (χ4v) is 2.43. The van der Waals surface area contributed by atoms with Crippen molar-refractivity contribution in [3.8, 4) is 6.07 Å². The molecule has 0 spiro atoms. The van der Waals surface area contributed by atoms with Crippen LogP contribution >= 0.6 is 0 Å². The first-order chi connectivity index (χ1) is 9.69. The summed E-state index contributed by atoms with van der Waals surface area (Å²) in [6.07, 6.45) is 3.18. The first-order valence-electron chi connectivity index (χ1n) is 6.78. The molecule has 1 fully saturated rings. The lowest BCUT2D eigenvalue weighted by molar-refractivity contribution is -0.118. The smallest absolute Gasteiger partial charge is 0.218 e. The Morgan fingerprint density at radius 2 is 2.50 bits per heavy atom. The third-order valence-electron chi connectivity index (χ3n) is 3.53. The van der Waals surface area contributed by atoms with Gasteiger partial charge in [0.05, 0.1) is 5.56 Å². The number of anilines is 1. The second-order valence-corrected chi connectivity index (χ2v) is 5.06. The van der Waals surface area contributed by atoms with E-state index in [2.05, 4.69) is 21.3 Å². The number of rotatable bonds is 6. The average molecular weight is 273 g/mol. The molecule has 2 heterocycles. The number of carbonyl (C=O) groups is 1. The maximum Gasteiger partial charge on any atom is 0.218 e. The van der Waals surface area contributed by atoms with Gasteiger partial charge in [-0.3, -0.25) is 4.79 Å². The van der Waals surface area contributed by atoms with Crippen LogP contribution in [0.3, 0.4) is 0 Å². The zero-order valence-electron chi connectivity index (χ0n) is 11.4. The number of primary amides is 1. The van der Waals surface area contributed by atoms with Crippen molar-refractivity contribution >= 4 is 11.7 Å². The number of nitrogens with zero attached hydrogens (tertiary/aromatic N) is 3. The minimum atomic E-state index is -0.251. The number of pyridine rings is 1. The summed E-state index contributed by atoms with van der Waals surface area (Å²) >= 11 is 0. The molecule has 20 heavy (non-hydrogen) atoms. The zero-order valence-corrected chi connectivity index (χ0v) is 11.4. The molecule has 0 unspecified atom stereocenters. The molecular formula is C14H19N5O. The van der Waals surface area contributed by atoms with E-state index in [0.29, 0.717) is 23.7 Å². The highest BCUT2D eigenvalue weighted by molar-refractivity contribution is 5.73. The van der Waals surface area contributed by atoms with E-state index in [1.807, 2.05) is 0 Å². The monoisotopic (exact) mass is 273 g/mol. The molecular weight excluding hydrogens is 254 g/mol. The van der Waals surface area contributed by atoms with E-state index < -0.39 is 0 Å². The van der Waals surface area contributed by atoms with Crippen LogP contribution in [0.1, 0.15) is 18.4 Å². The number of hydrogen-bond donors (Lipinski definition) is 2. The van der Waals surface area contributed by atoms with Gasteiger partial charge in [-0.15, -0.1) is 0 Å². The molecule has 0 radical (unpaired) electrons. The summed E-state index contributed by atoms with van der Waals surface area (Å²) in [6, 6.07) is 5.63. The van der Waals surface area contributed by atoms with Gasteiger partial charge in [-0.2, -0.15) is 5.26 Å². The van der Waals surface area contributed by atoms with Crippen LogP contribution in [0.5, 0.6) is 0 Å². The van der Waals surface area contributed by atoms with E-state index in [4.69, 9.17) is 11.0 Å². The number of nitrogens with one attached hydrogen (secondary N) is 1. The lowest BCUT2D eigenvalue weighted by Crippen LogP contribution is -2.27. The van der Waals surface area contributed by atoms with Gasteiger partial charge in [0.1, 0.15) is 11.9 Å². The Morgan fingerprint density at radius 1 is 1.65 bits per heavy atom. The van der Waals surface area contributed by atoms with E-state index in [1.54, 1.807) is 18.3 Å². The Labute approximate surface area is 118 Å². The third kappa shape index (κ3) is 3.93. The van der Waals surface area contributed by atoms with Crippen LogP contribution < -0.4 is 11.1 Å². The Morgan fingerprint density at radius 3 is 3.25 bits per heavy atom. The standard InChI is InChI=1S/C14H19N5O/c15-8-12-2-1-5-17-14(12)18-9-11-3-6-19(10-11)7-4-13(16)20/h1-2,5,11H,3-4,6-7,9-10H2,(H2,16,20)(H,17,18)/t11-/m1/s1. The molecule has 0 aliphatic carbocycles. The number of nitrogens with two attached hydrogens (primary N) is 1. The predicted octanol–water partition coefficient (Wildman–Crippen LogP) is 0.562. The highest BCUT2D eigenvalue weighted by Crippen LogP contribution is 2.18. The number of hydrogen-bond acceptors (Lipinski definition) is 5. The summed E-state index contributed by atoms with van der Waals surface area (Å²) < 4.78 is 0. The molecule has 0 aromatic carbocycles. The molecule has 2 rings (SSSR count). The van der Waals surface area contributed by atoms with Crippen LogP contribution in [0.15, 0.2) is 18.3 Å². The summed E-state index contributed by atoms with van der Waals surface area (Å²) in [5, 5.41) is 12.2. The van der Waals surface area contributed by atoms with E-state index in [0.717, 1.165) is 32.6 Å². The number of amides is 1. The first kappa shape index (κ1) is 14.3. The summed E-state index contributed by atoms with van der Waals surface area (Å²) in [5.74, 6) is 0.903. The number of likely N-dealkylation sites (tertiary alicyclic amines) is 1. The van der Waals surface area contributed by atoms with E-state index in [1.165, 1.54) is 0 Å². The van der Waals surface area contributed by atoms with E-state index in [9.17, 15) is 4.79 Å². The quantitative estimate of drug-likeness (QED) is 0.789. The van der Waals surface area contributed by atoms with Crippen LogP contribution in [0.25, 0.3) is 0 Å². The van der Waals surface area contributed by atoms with Gasteiger partial charge >= 0.3 is 0 Å². The van der Waals surface area contributed by atoms with Crippen molar-refractivity contribution in [3.63, 3.8) is 0 Å². The topological polar surface area (TPSA) is 95.0 Å². The number of aromatic nitrogens is 1. The van der Waals surface area contributed by atoms with Crippen LogP contribution in [0.4, 0.5) is 5.82 Å². The predicted molar refractivity (Wildman–Crippen MR) is 75.8 cm³/mol. The van der Waals surface area contributed by atoms with Gasteiger partial charge in [-0.05, 0) is 31.0 Å². The molecule has 1 atom stereocenters. The molecule has 3 N–H and O–H groups in total. The van der Waals surface area contributed by atoms with Crippen molar-refractivity contribution in [2.24, 2.45) is 11.7 Å². The first-order valence-corrected chi connectivity index (χ1v) is 6.78.